The number of carbonyl (C=O) groups excluding carboxylic acids is 1. The number of carbonyl (C=O) groups is 1. The SMILES string of the molecule is C[S@](=O)CCOc1ccc(N2CCN(C(=O)OC(C)(C)C)CC2)c(F)c1. The Morgan fingerprint density at radius 2 is 1.88 bits per heavy atom. The second-order valence-electron chi connectivity index (χ2n) is 7.19. The molecule has 0 N–H and O–H groups in total. The molecule has 1 aliphatic rings. The Morgan fingerprint density at radius 3 is 2.42 bits per heavy atom. The predicted molar refractivity (Wildman–Crippen MR) is 101 cm³/mol. The van der Waals surface area contributed by atoms with Gasteiger partial charge in [0.2, 0.25) is 0 Å². The summed E-state index contributed by atoms with van der Waals surface area (Å²) in [5.41, 5.74) is -0.0409. The first-order valence-electron chi connectivity index (χ1n) is 8.61. The van der Waals surface area contributed by atoms with Crippen molar-refractivity contribution in [1.29, 1.82) is 0 Å². The molecule has 0 saturated carbocycles. The summed E-state index contributed by atoms with van der Waals surface area (Å²) in [4.78, 5) is 15.6. The molecule has 2 rings (SSSR count). The number of hydrogen-bond donors (Lipinski definition) is 0. The minimum absolute atomic E-state index is 0.288. The highest BCUT2D eigenvalue weighted by Gasteiger charge is 2.26. The summed E-state index contributed by atoms with van der Waals surface area (Å²) in [5, 5.41) is 0. The van der Waals surface area contributed by atoms with Gasteiger partial charge in [0.05, 0.1) is 18.0 Å². The summed E-state index contributed by atoms with van der Waals surface area (Å²) >= 11 is 0. The number of nitrogens with zero attached hydrogens (tertiary/aromatic N) is 2. The fraction of sp³-hybridized carbons (Fsp3) is 0.611. The minimum atomic E-state index is -0.936. The van der Waals surface area contributed by atoms with Crippen LogP contribution in [-0.4, -0.2) is 65.6 Å². The van der Waals surface area contributed by atoms with Crippen molar-refractivity contribution >= 4 is 22.6 Å². The van der Waals surface area contributed by atoms with Gasteiger partial charge in [-0.3, -0.25) is 4.21 Å². The molecule has 1 aromatic rings. The van der Waals surface area contributed by atoms with Crippen LogP contribution in [0.5, 0.6) is 5.75 Å². The molecule has 0 radical (unpaired) electrons. The molecule has 1 heterocycles. The van der Waals surface area contributed by atoms with Crippen molar-refractivity contribution in [3.63, 3.8) is 0 Å². The zero-order chi connectivity index (χ0) is 19.3. The smallest absolute Gasteiger partial charge is 0.410 e. The van der Waals surface area contributed by atoms with Crippen LogP contribution in [0.4, 0.5) is 14.9 Å². The zero-order valence-corrected chi connectivity index (χ0v) is 16.6. The van der Waals surface area contributed by atoms with Gasteiger partial charge in [0.25, 0.3) is 0 Å². The average molecular weight is 386 g/mol. The van der Waals surface area contributed by atoms with E-state index in [4.69, 9.17) is 9.47 Å². The van der Waals surface area contributed by atoms with E-state index in [9.17, 15) is 13.4 Å². The first-order valence-corrected chi connectivity index (χ1v) is 10.3. The minimum Gasteiger partial charge on any atom is -0.493 e. The molecule has 0 unspecified atom stereocenters. The molecule has 0 spiro atoms. The summed E-state index contributed by atoms with van der Waals surface area (Å²) in [6.07, 6.45) is 1.26. The highest BCUT2D eigenvalue weighted by molar-refractivity contribution is 7.84. The normalized spacial score (nSPS) is 16.3. The first-order chi connectivity index (χ1) is 12.2. The summed E-state index contributed by atoms with van der Waals surface area (Å²) in [6.45, 7) is 7.81. The van der Waals surface area contributed by atoms with E-state index >= 15 is 0 Å². The maximum atomic E-state index is 14.4. The molecule has 8 heteroatoms. The number of hydrogen-bond acceptors (Lipinski definition) is 5. The van der Waals surface area contributed by atoms with Crippen LogP contribution < -0.4 is 9.64 Å². The van der Waals surface area contributed by atoms with Gasteiger partial charge in [-0.2, -0.15) is 0 Å². The molecule has 26 heavy (non-hydrogen) atoms. The Bertz CT molecular complexity index is 655. The van der Waals surface area contributed by atoms with Gasteiger partial charge in [-0.15, -0.1) is 0 Å². The number of piperazine rings is 1. The molecule has 0 aromatic heterocycles. The van der Waals surface area contributed by atoms with Crippen LogP contribution in [0.15, 0.2) is 18.2 Å². The van der Waals surface area contributed by atoms with Gasteiger partial charge in [0, 0.05) is 49.3 Å². The topological polar surface area (TPSA) is 59.1 Å². The maximum absolute atomic E-state index is 14.4. The number of benzene rings is 1. The summed E-state index contributed by atoms with van der Waals surface area (Å²) in [7, 11) is -0.936. The monoisotopic (exact) mass is 386 g/mol. The van der Waals surface area contributed by atoms with Crippen LogP contribution in [0.3, 0.4) is 0 Å². The number of ether oxygens (including phenoxy) is 2. The predicted octanol–water partition coefficient (Wildman–Crippen LogP) is 2.64. The van der Waals surface area contributed by atoms with Crippen LogP contribution in [0.1, 0.15) is 20.8 Å². The van der Waals surface area contributed by atoms with Crippen molar-refractivity contribution in [3.05, 3.63) is 24.0 Å². The van der Waals surface area contributed by atoms with Crippen LogP contribution >= 0.6 is 0 Å². The van der Waals surface area contributed by atoms with E-state index in [0.717, 1.165) is 0 Å². The average Bonchev–Trinajstić information content (AvgIpc) is 2.53. The molecule has 1 saturated heterocycles. The van der Waals surface area contributed by atoms with Crippen LogP contribution in [0.25, 0.3) is 0 Å². The Balaban J connectivity index is 1.90. The highest BCUT2D eigenvalue weighted by atomic mass is 32.2. The van der Waals surface area contributed by atoms with E-state index < -0.39 is 16.4 Å². The quantitative estimate of drug-likeness (QED) is 0.779. The van der Waals surface area contributed by atoms with E-state index in [0.29, 0.717) is 43.4 Å². The number of anilines is 1. The lowest BCUT2D eigenvalue weighted by atomic mass is 10.2. The van der Waals surface area contributed by atoms with Crippen molar-refractivity contribution in [2.45, 2.75) is 26.4 Å². The zero-order valence-electron chi connectivity index (χ0n) is 15.8. The number of amides is 1. The highest BCUT2D eigenvalue weighted by Crippen LogP contribution is 2.25. The Hall–Kier alpha value is -1.83. The maximum Gasteiger partial charge on any atom is 0.410 e. The van der Waals surface area contributed by atoms with E-state index in [1.54, 1.807) is 23.3 Å². The van der Waals surface area contributed by atoms with Crippen molar-refractivity contribution in [2.24, 2.45) is 0 Å². The second-order valence-corrected chi connectivity index (χ2v) is 8.75. The fourth-order valence-electron chi connectivity index (χ4n) is 2.57. The molecule has 1 aromatic carbocycles. The molecular weight excluding hydrogens is 359 g/mol. The van der Waals surface area contributed by atoms with Gasteiger partial charge in [0.1, 0.15) is 17.2 Å². The largest absolute Gasteiger partial charge is 0.493 e. The third kappa shape index (κ3) is 6.16. The van der Waals surface area contributed by atoms with E-state index in [-0.39, 0.29) is 18.5 Å². The lowest BCUT2D eigenvalue weighted by Crippen LogP contribution is -2.50. The molecule has 146 valence electrons. The van der Waals surface area contributed by atoms with E-state index in [2.05, 4.69) is 0 Å². The van der Waals surface area contributed by atoms with E-state index in [1.807, 2.05) is 25.7 Å². The van der Waals surface area contributed by atoms with Gasteiger partial charge in [0.15, 0.2) is 0 Å². The van der Waals surface area contributed by atoms with Crippen molar-refractivity contribution in [2.75, 3.05) is 49.7 Å². The van der Waals surface area contributed by atoms with Crippen molar-refractivity contribution in [3.8, 4) is 5.75 Å². The number of halogens is 1. The second kappa shape index (κ2) is 8.70. The van der Waals surface area contributed by atoms with Gasteiger partial charge >= 0.3 is 6.09 Å². The Labute approximate surface area is 156 Å². The van der Waals surface area contributed by atoms with Crippen LogP contribution in [0.2, 0.25) is 0 Å². The van der Waals surface area contributed by atoms with Crippen LogP contribution in [0, 0.1) is 5.82 Å². The lowest BCUT2D eigenvalue weighted by molar-refractivity contribution is 0.0240. The molecular formula is C18H27FN2O4S. The molecule has 1 amide bonds. The van der Waals surface area contributed by atoms with Crippen LogP contribution in [-0.2, 0) is 15.5 Å². The third-order valence-corrected chi connectivity index (χ3v) is 4.57. The van der Waals surface area contributed by atoms with Gasteiger partial charge in [-0.05, 0) is 32.9 Å². The molecule has 0 aliphatic carbocycles. The summed E-state index contributed by atoms with van der Waals surface area (Å²) < 4.78 is 36.2. The lowest BCUT2D eigenvalue weighted by Gasteiger charge is -2.36. The first kappa shape index (κ1) is 20.5. The fourth-order valence-corrected chi connectivity index (χ4v) is 2.89. The third-order valence-electron chi connectivity index (χ3n) is 3.83. The Morgan fingerprint density at radius 1 is 1.23 bits per heavy atom. The molecule has 6 nitrogen and oxygen atoms in total. The molecule has 0 bridgehead atoms. The summed E-state index contributed by atoms with van der Waals surface area (Å²) in [6, 6.07) is 4.72. The molecule has 1 atom stereocenters. The van der Waals surface area contributed by atoms with E-state index in [1.165, 1.54) is 6.07 Å². The van der Waals surface area contributed by atoms with Crippen molar-refractivity contribution in [1.82, 2.24) is 4.90 Å². The van der Waals surface area contributed by atoms with Crippen molar-refractivity contribution < 1.29 is 22.9 Å². The van der Waals surface area contributed by atoms with Gasteiger partial charge < -0.3 is 19.3 Å². The molecule has 1 aliphatic heterocycles. The van der Waals surface area contributed by atoms with Gasteiger partial charge in [-0.25, -0.2) is 9.18 Å². The number of rotatable bonds is 5. The van der Waals surface area contributed by atoms with Gasteiger partial charge in [-0.1, -0.05) is 0 Å². The Kier molecular flexibility index (Phi) is 6.86. The molecule has 1 fully saturated rings. The summed E-state index contributed by atoms with van der Waals surface area (Å²) in [5.74, 6) is 0.464. The standard InChI is InChI=1S/C18H27FN2O4S/c1-18(2,3)25-17(22)21-9-7-20(8-10-21)16-6-5-14(13-15(16)19)24-11-12-26(4)23/h5-6,13H,7-12H2,1-4H3/t26-/m0/s1.